The summed E-state index contributed by atoms with van der Waals surface area (Å²) in [5, 5.41) is 0. The Kier molecular flexibility index (Phi) is 3.98. The van der Waals surface area contributed by atoms with Gasteiger partial charge in [0.2, 0.25) is 0 Å². The number of hydrogen-bond donors (Lipinski definition) is 0. The van der Waals surface area contributed by atoms with Crippen LogP contribution in [0.5, 0.6) is 5.75 Å². The summed E-state index contributed by atoms with van der Waals surface area (Å²) in [7, 11) is 0. The van der Waals surface area contributed by atoms with Crippen LogP contribution >= 0.6 is 0 Å². The largest absolute Gasteiger partial charge is 0.494 e. The van der Waals surface area contributed by atoms with E-state index in [9.17, 15) is 4.79 Å². The van der Waals surface area contributed by atoms with Crippen LogP contribution in [0.4, 0.5) is 0 Å². The first-order valence-electron chi connectivity index (χ1n) is 5.81. The second kappa shape index (κ2) is 5.68. The fourth-order valence-corrected chi connectivity index (χ4v) is 1.68. The van der Waals surface area contributed by atoms with Crippen molar-refractivity contribution >= 4 is 5.97 Å². The molecule has 0 spiro atoms. The van der Waals surface area contributed by atoms with Gasteiger partial charge in [0.15, 0.2) is 0 Å². The van der Waals surface area contributed by atoms with Crippen molar-refractivity contribution in [2.24, 2.45) is 0 Å². The summed E-state index contributed by atoms with van der Waals surface area (Å²) < 4.78 is 15.7. The first-order valence-corrected chi connectivity index (χ1v) is 5.81. The zero-order chi connectivity index (χ0) is 12.1. The predicted molar refractivity (Wildman–Crippen MR) is 62.3 cm³/mol. The van der Waals surface area contributed by atoms with Crippen LogP contribution < -0.4 is 4.74 Å². The molecule has 0 aliphatic carbocycles. The summed E-state index contributed by atoms with van der Waals surface area (Å²) >= 11 is 0. The van der Waals surface area contributed by atoms with Gasteiger partial charge in [-0.3, -0.25) is 0 Å². The minimum Gasteiger partial charge on any atom is -0.494 e. The molecule has 17 heavy (non-hydrogen) atoms. The molecule has 0 saturated carbocycles. The minimum absolute atomic E-state index is 0.103. The van der Waals surface area contributed by atoms with E-state index in [0.717, 1.165) is 12.2 Å². The van der Waals surface area contributed by atoms with Gasteiger partial charge < -0.3 is 14.2 Å². The van der Waals surface area contributed by atoms with E-state index in [1.54, 1.807) is 24.3 Å². The highest BCUT2D eigenvalue weighted by Gasteiger charge is 2.20. The minimum atomic E-state index is -0.302. The number of carbonyl (C=O) groups excluding carboxylic acids is 1. The quantitative estimate of drug-likeness (QED) is 0.750. The maximum Gasteiger partial charge on any atom is 0.338 e. The van der Waals surface area contributed by atoms with Crippen molar-refractivity contribution in [2.45, 2.75) is 19.4 Å². The molecule has 1 aliphatic heterocycles. The summed E-state index contributed by atoms with van der Waals surface area (Å²) in [6, 6.07) is 6.96. The molecule has 0 radical (unpaired) electrons. The van der Waals surface area contributed by atoms with Crippen LogP contribution in [-0.4, -0.2) is 31.9 Å². The van der Waals surface area contributed by atoms with Crippen LogP contribution in [-0.2, 0) is 9.47 Å². The number of hydrogen-bond acceptors (Lipinski definition) is 4. The summed E-state index contributed by atoms with van der Waals surface area (Å²) in [4.78, 5) is 11.8. The molecule has 0 amide bonds. The Labute approximate surface area is 100 Å². The molecule has 4 nitrogen and oxygen atoms in total. The van der Waals surface area contributed by atoms with Gasteiger partial charge in [0.1, 0.15) is 11.9 Å². The molecule has 92 valence electrons. The third kappa shape index (κ3) is 3.20. The third-order valence-corrected chi connectivity index (χ3v) is 2.56. The fraction of sp³-hybridized carbons (Fsp3) is 0.462. The van der Waals surface area contributed by atoms with E-state index in [2.05, 4.69) is 0 Å². The molecule has 0 aromatic heterocycles. The normalized spacial score (nSPS) is 19.0. The van der Waals surface area contributed by atoms with E-state index >= 15 is 0 Å². The Morgan fingerprint density at radius 1 is 1.41 bits per heavy atom. The Morgan fingerprint density at radius 3 is 2.76 bits per heavy atom. The van der Waals surface area contributed by atoms with E-state index in [1.807, 2.05) is 6.92 Å². The molecule has 1 aliphatic rings. The lowest BCUT2D eigenvalue weighted by atomic mass is 10.2. The van der Waals surface area contributed by atoms with Crippen LogP contribution in [0.1, 0.15) is 23.7 Å². The molecule has 1 atom stereocenters. The lowest BCUT2D eigenvalue weighted by Gasteiger charge is -2.10. The first-order chi connectivity index (χ1) is 8.29. The lowest BCUT2D eigenvalue weighted by Crippen LogP contribution is -2.17. The summed E-state index contributed by atoms with van der Waals surface area (Å²) in [5.74, 6) is 0.455. The molecule has 4 heteroatoms. The van der Waals surface area contributed by atoms with E-state index in [0.29, 0.717) is 25.4 Å². The van der Waals surface area contributed by atoms with Crippen molar-refractivity contribution < 1.29 is 19.0 Å². The first kappa shape index (κ1) is 11.9. The maximum absolute atomic E-state index is 11.8. The molecule has 1 fully saturated rings. The van der Waals surface area contributed by atoms with Gasteiger partial charge in [0.05, 0.1) is 25.4 Å². The molecular weight excluding hydrogens is 220 g/mol. The van der Waals surface area contributed by atoms with Gasteiger partial charge in [-0.1, -0.05) is 0 Å². The van der Waals surface area contributed by atoms with E-state index < -0.39 is 0 Å². The SMILES string of the molecule is CCOc1ccc(C(=O)O[C@@H]2CCOC2)cc1. The second-order valence-electron chi connectivity index (χ2n) is 3.85. The van der Waals surface area contributed by atoms with Gasteiger partial charge in [-0.2, -0.15) is 0 Å². The number of benzene rings is 1. The van der Waals surface area contributed by atoms with Gasteiger partial charge in [-0.05, 0) is 31.2 Å². The van der Waals surface area contributed by atoms with Crippen LogP contribution in [0.2, 0.25) is 0 Å². The van der Waals surface area contributed by atoms with Crippen LogP contribution in [0.15, 0.2) is 24.3 Å². The van der Waals surface area contributed by atoms with Crippen LogP contribution in [0.25, 0.3) is 0 Å². The monoisotopic (exact) mass is 236 g/mol. The molecule has 0 bridgehead atoms. The number of rotatable bonds is 4. The number of carbonyl (C=O) groups is 1. The molecular formula is C13H16O4. The zero-order valence-corrected chi connectivity index (χ0v) is 9.85. The average Bonchev–Trinajstić information content (AvgIpc) is 2.83. The fourth-order valence-electron chi connectivity index (χ4n) is 1.68. The Bertz CT molecular complexity index is 366. The Morgan fingerprint density at radius 2 is 2.18 bits per heavy atom. The third-order valence-electron chi connectivity index (χ3n) is 2.56. The summed E-state index contributed by atoms with van der Waals surface area (Å²) in [6.07, 6.45) is 0.678. The molecule has 0 N–H and O–H groups in total. The van der Waals surface area contributed by atoms with Crippen molar-refractivity contribution in [3.05, 3.63) is 29.8 Å². The standard InChI is InChI=1S/C13H16O4/c1-2-16-11-5-3-10(4-6-11)13(14)17-12-7-8-15-9-12/h3-6,12H,2,7-9H2,1H3/t12-/m1/s1. The summed E-state index contributed by atoms with van der Waals surface area (Å²) in [5.41, 5.74) is 0.542. The van der Waals surface area contributed by atoms with Gasteiger partial charge in [0, 0.05) is 6.42 Å². The van der Waals surface area contributed by atoms with Crippen molar-refractivity contribution in [1.82, 2.24) is 0 Å². The Balaban J connectivity index is 1.93. The number of ether oxygens (including phenoxy) is 3. The van der Waals surface area contributed by atoms with E-state index in [1.165, 1.54) is 0 Å². The maximum atomic E-state index is 11.8. The lowest BCUT2D eigenvalue weighted by molar-refractivity contribution is 0.0270. The Hall–Kier alpha value is -1.55. The smallest absolute Gasteiger partial charge is 0.338 e. The summed E-state index contributed by atoms with van der Waals surface area (Å²) in [6.45, 7) is 3.70. The molecule has 0 unspecified atom stereocenters. The highest BCUT2D eigenvalue weighted by molar-refractivity contribution is 5.89. The van der Waals surface area contributed by atoms with E-state index in [4.69, 9.17) is 14.2 Å². The van der Waals surface area contributed by atoms with Gasteiger partial charge in [0.25, 0.3) is 0 Å². The van der Waals surface area contributed by atoms with Crippen LogP contribution in [0, 0.1) is 0 Å². The molecule has 1 heterocycles. The van der Waals surface area contributed by atoms with Crippen molar-refractivity contribution in [3.8, 4) is 5.75 Å². The molecule has 1 aromatic carbocycles. The second-order valence-corrected chi connectivity index (χ2v) is 3.85. The zero-order valence-electron chi connectivity index (χ0n) is 9.85. The average molecular weight is 236 g/mol. The van der Waals surface area contributed by atoms with Crippen molar-refractivity contribution in [1.29, 1.82) is 0 Å². The molecule has 1 saturated heterocycles. The van der Waals surface area contributed by atoms with Crippen molar-refractivity contribution in [3.63, 3.8) is 0 Å². The highest BCUT2D eigenvalue weighted by atomic mass is 16.6. The van der Waals surface area contributed by atoms with Gasteiger partial charge in [-0.15, -0.1) is 0 Å². The predicted octanol–water partition coefficient (Wildman–Crippen LogP) is 2.03. The van der Waals surface area contributed by atoms with Gasteiger partial charge in [-0.25, -0.2) is 4.79 Å². The molecule has 2 rings (SSSR count). The topological polar surface area (TPSA) is 44.8 Å². The highest BCUT2D eigenvalue weighted by Crippen LogP contribution is 2.15. The van der Waals surface area contributed by atoms with Gasteiger partial charge >= 0.3 is 5.97 Å². The number of esters is 1. The van der Waals surface area contributed by atoms with Crippen LogP contribution in [0.3, 0.4) is 0 Å². The van der Waals surface area contributed by atoms with E-state index in [-0.39, 0.29) is 12.1 Å². The van der Waals surface area contributed by atoms with Crippen molar-refractivity contribution in [2.75, 3.05) is 19.8 Å². The molecule has 1 aromatic rings.